The van der Waals surface area contributed by atoms with Crippen molar-refractivity contribution in [2.75, 3.05) is 6.54 Å². The van der Waals surface area contributed by atoms with E-state index in [1.54, 1.807) is 0 Å². The molecule has 1 unspecified atom stereocenters. The minimum Gasteiger partial charge on any atom is -0.331 e. The first-order chi connectivity index (χ1) is 11.7. The maximum absolute atomic E-state index is 6.48. The van der Waals surface area contributed by atoms with E-state index in [-0.39, 0.29) is 0 Å². The molecule has 2 saturated heterocycles. The second-order valence-electron chi connectivity index (χ2n) is 7.01. The smallest absolute Gasteiger partial charge is 0.173 e. The molecule has 0 aliphatic carbocycles. The maximum Gasteiger partial charge on any atom is 0.173 e. The van der Waals surface area contributed by atoms with Gasteiger partial charge in [0.25, 0.3) is 0 Å². The monoisotopic (exact) mass is 467 g/mol. The van der Waals surface area contributed by atoms with Gasteiger partial charge in [0.15, 0.2) is 5.94 Å². The van der Waals surface area contributed by atoms with Crippen LogP contribution in [0, 0.1) is 0 Å². The Morgan fingerprint density at radius 3 is 2.25 bits per heavy atom. The Labute approximate surface area is 160 Å². The Hall–Kier alpha value is -0.263. The van der Waals surface area contributed by atoms with E-state index in [1.807, 2.05) is 0 Å². The Bertz CT molecular complexity index is 647. The first kappa shape index (κ1) is 17.2. The molecular weight excluding hydrogens is 444 g/mol. The summed E-state index contributed by atoms with van der Waals surface area (Å²) in [6.07, 6.45) is 3.04. The van der Waals surface area contributed by atoms with Gasteiger partial charge >= 0.3 is 0 Å². The second-order valence-corrected chi connectivity index (χ2v) is 14.9. The van der Waals surface area contributed by atoms with Crippen LogP contribution < -0.4 is 10.4 Å². The summed E-state index contributed by atoms with van der Waals surface area (Å²) in [6.45, 7) is 3.75. The molecule has 4 rings (SSSR count). The van der Waals surface area contributed by atoms with E-state index in [9.17, 15) is 0 Å². The van der Waals surface area contributed by atoms with Crippen LogP contribution >= 0.6 is 28.0 Å². The Kier molecular flexibility index (Phi) is 5.12. The summed E-state index contributed by atoms with van der Waals surface area (Å²) < 4.78 is 9.11. The molecule has 2 aromatic carbocycles. The first-order valence-corrected chi connectivity index (χ1v) is 15.4. The van der Waals surface area contributed by atoms with Gasteiger partial charge in [-0.1, -0.05) is 77.6 Å². The summed E-state index contributed by atoms with van der Waals surface area (Å²) in [4.78, 5) is 0. The van der Waals surface area contributed by atoms with Crippen molar-refractivity contribution in [3.63, 3.8) is 0 Å². The van der Waals surface area contributed by atoms with Crippen LogP contribution in [0.3, 0.4) is 0 Å². The first-order valence-electron chi connectivity index (χ1n) is 8.69. The summed E-state index contributed by atoms with van der Waals surface area (Å²) in [5.74, 6) is -0.410. The molecular formula is C19H23INOPSi. The lowest BCUT2D eigenvalue weighted by Gasteiger charge is -2.32. The lowest BCUT2D eigenvalue weighted by atomic mass is 10.1. The molecule has 0 saturated carbocycles. The molecule has 0 aromatic heterocycles. The van der Waals surface area contributed by atoms with E-state index in [1.165, 1.54) is 35.8 Å². The minimum absolute atomic E-state index is 0.396. The molecule has 0 amide bonds. The molecule has 2 aromatic rings. The predicted octanol–water partition coefficient (Wildman–Crippen LogP) is 4.40. The summed E-state index contributed by atoms with van der Waals surface area (Å²) in [5, 5.41) is 3.04. The van der Waals surface area contributed by atoms with E-state index < -0.39 is 14.0 Å². The fourth-order valence-electron chi connectivity index (χ4n) is 4.18. The van der Waals surface area contributed by atoms with Crippen LogP contribution in [-0.2, 0) is 4.52 Å². The average Bonchev–Trinajstić information content (AvgIpc) is 3.22. The molecule has 2 nitrogen and oxygen atoms in total. The van der Waals surface area contributed by atoms with Crippen LogP contribution in [0.25, 0.3) is 0 Å². The highest BCUT2D eigenvalue weighted by molar-refractivity contribution is 14.2. The molecule has 2 aliphatic heterocycles. The Morgan fingerprint density at radius 1 is 1.08 bits per heavy atom. The highest BCUT2D eigenvalue weighted by Gasteiger charge is 2.47. The Morgan fingerprint density at radius 2 is 1.67 bits per heavy atom. The van der Waals surface area contributed by atoms with Crippen molar-refractivity contribution < 1.29 is 4.52 Å². The van der Waals surface area contributed by atoms with Crippen LogP contribution in [-0.4, -0.2) is 31.4 Å². The lowest BCUT2D eigenvalue weighted by Crippen LogP contribution is -2.58. The molecule has 0 radical (unpaired) electrons. The van der Waals surface area contributed by atoms with Gasteiger partial charge in [-0.05, 0) is 40.9 Å². The molecule has 24 heavy (non-hydrogen) atoms. The molecule has 0 N–H and O–H groups in total. The number of hydrogen-bond acceptors (Lipinski definition) is 2. The third-order valence-corrected chi connectivity index (χ3v) is 13.7. The van der Waals surface area contributed by atoms with Gasteiger partial charge in [0.2, 0.25) is 0 Å². The van der Waals surface area contributed by atoms with Crippen LogP contribution in [0.1, 0.15) is 12.8 Å². The number of rotatable bonds is 4. The second kappa shape index (κ2) is 7.16. The maximum atomic E-state index is 6.48. The van der Waals surface area contributed by atoms with E-state index in [0.717, 1.165) is 0 Å². The standard InChI is InChI=1S/C19H23INOPSi/c1-24(16-9-4-2-5-10-16,17-11-6-3-7-12-17)15-19-18-13-8-14-21(18)23(20)22-19/h2-7,9-12,18-19H,8,13-15H2,1H3/t18-,19+,23?/m1/s1. The van der Waals surface area contributed by atoms with Crippen LogP contribution in [0.5, 0.6) is 0 Å². The molecule has 2 aliphatic rings. The van der Waals surface area contributed by atoms with Gasteiger partial charge in [-0.2, -0.15) is 0 Å². The number of fused-ring (bicyclic) bond motifs is 1. The van der Waals surface area contributed by atoms with Crippen LogP contribution in [0.4, 0.5) is 0 Å². The summed E-state index contributed by atoms with van der Waals surface area (Å²) >= 11 is 2.53. The molecule has 0 spiro atoms. The number of benzene rings is 2. The average molecular weight is 467 g/mol. The minimum atomic E-state index is -1.80. The fourth-order valence-corrected chi connectivity index (χ4v) is 12.0. The van der Waals surface area contributed by atoms with E-state index in [0.29, 0.717) is 12.1 Å². The molecule has 2 heterocycles. The molecule has 126 valence electrons. The van der Waals surface area contributed by atoms with Crippen molar-refractivity contribution >= 4 is 46.4 Å². The van der Waals surface area contributed by atoms with E-state index in [4.69, 9.17) is 4.52 Å². The van der Waals surface area contributed by atoms with Gasteiger partial charge in [-0.3, -0.25) is 0 Å². The van der Waals surface area contributed by atoms with Crippen molar-refractivity contribution in [1.82, 2.24) is 4.67 Å². The zero-order valence-electron chi connectivity index (χ0n) is 13.9. The van der Waals surface area contributed by atoms with Gasteiger partial charge in [0.1, 0.15) is 8.07 Å². The number of halogens is 1. The zero-order valence-corrected chi connectivity index (χ0v) is 18.0. The highest BCUT2D eigenvalue weighted by atomic mass is 127. The van der Waals surface area contributed by atoms with Crippen molar-refractivity contribution in [2.45, 2.75) is 37.6 Å². The van der Waals surface area contributed by atoms with E-state index in [2.05, 4.69) is 93.9 Å². The third kappa shape index (κ3) is 3.12. The number of nitrogens with zero attached hydrogens (tertiary/aromatic N) is 1. The summed E-state index contributed by atoms with van der Waals surface area (Å²) in [5.41, 5.74) is 0. The van der Waals surface area contributed by atoms with Crippen molar-refractivity contribution in [3.8, 4) is 0 Å². The van der Waals surface area contributed by atoms with Crippen LogP contribution in [0.2, 0.25) is 12.6 Å². The topological polar surface area (TPSA) is 12.5 Å². The van der Waals surface area contributed by atoms with Gasteiger partial charge in [-0.15, -0.1) is 0 Å². The highest BCUT2D eigenvalue weighted by Crippen LogP contribution is 2.61. The fraction of sp³-hybridized carbons (Fsp3) is 0.368. The van der Waals surface area contributed by atoms with Crippen molar-refractivity contribution in [1.29, 1.82) is 0 Å². The summed E-state index contributed by atoms with van der Waals surface area (Å²) in [7, 11) is -1.80. The van der Waals surface area contributed by atoms with Gasteiger partial charge < -0.3 is 4.52 Å². The normalized spacial score (nSPS) is 27.3. The van der Waals surface area contributed by atoms with Crippen molar-refractivity contribution in [2.24, 2.45) is 0 Å². The SMILES string of the molecule is C[Si](C[C@@H]1OP(I)N2CCC[C@H]12)(c1ccccc1)c1ccccc1. The molecule has 5 heteroatoms. The zero-order chi connectivity index (χ0) is 16.6. The van der Waals surface area contributed by atoms with Crippen LogP contribution in [0.15, 0.2) is 60.7 Å². The van der Waals surface area contributed by atoms with Crippen molar-refractivity contribution in [3.05, 3.63) is 60.7 Å². The van der Waals surface area contributed by atoms with Gasteiger partial charge in [0.05, 0.1) is 6.10 Å². The quantitative estimate of drug-likeness (QED) is 0.376. The third-order valence-electron chi connectivity index (χ3n) is 5.55. The molecule has 2 fully saturated rings. The van der Waals surface area contributed by atoms with E-state index >= 15 is 0 Å². The molecule has 0 bridgehead atoms. The van der Waals surface area contributed by atoms with Gasteiger partial charge in [-0.25, -0.2) is 4.67 Å². The summed E-state index contributed by atoms with van der Waals surface area (Å²) in [6, 6.07) is 24.1. The Balaban J connectivity index is 1.69. The molecule has 3 atom stereocenters. The van der Waals surface area contributed by atoms with Gasteiger partial charge in [0, 0.05) is 12.6 Å². The predicted molar refractivity (Wildman–Crippen MR) is 114 cm³/mol. The number of hydrogen-bond donors (Lipinski definition) is 0. The lowest BCUT2D eigenvalue weighted by molar-refractivity contribution is 0.232. The largest absolute Gasteiger partial charge is 0.331 e.